The summed E-state index contributed by atoms with van der Waals surface area (Å²) in [5.74, 6) is -0.381. The number of nitrogens with one attached hydrogen (secondary N) is 1. The van der Waals surface area contributed by atoms with Gasteiger partial charge in [0.15, 0.2) is 0 Å². The monoisotopic (exact) mass is 266 g/mol. The summed E-state index contributed by atoms with van der Waals surface area (Å²) < 4.78 is 7.36. The van der Waals surface area contributed by atoms with Gasteiger partial charge in [0.25, 0.3) is 0 Å². The van der Waals surface area contributed by atoms with Crippen molar-refractivity contribution >= 4 is 5.91 Å². The van der Waals surface area contributed by atoms with Crippen molar-refractivity contribution in [1.82, 2.24) is 15.1 Å². The Kier molecular flexibility index (Phi) is 4.93. The van der Waals surface area contributed by atoms with E-state index < -0.39 is 6.04 Å². The predicted octanol–water partition coefficient (Wildman–Crippen LogP) is 0.588. The van der Waals surface area contributed by atoms with Gasteiger partial charge in [-0.15, -0.1) is 0 Å². The molecule has 0 radical (unpaired) electrons. The Hall–Kier alpha value is -1.40. The van der Waals surface area contributed by atoms with Crippen molar-refractivity contribution in [2.75, 3.05) is 13.2 Å². The first-order chi connectivity index (χ1) is 9.20. The molecule has 0 saturated carbocycles. The van der Waals surface area contributed by atoms with Crippen molar-refractivity contribution in [3.63, 3.8) is 0 Å². The van der Waals surface area contributed by atoms with E-state index in [1.807, 2.05) is 10.9 Å². The number of hydrogen-bond donors (Lipinski definition) is 2. The molecule has 2 rings (SSSR count). The molecule has 2 unspecified atom stereocenters. The van der Waals surface area contributed by atoms with Gasteiger partial charge >= 0.3 is 0 Å². The number of aromatic nitrogens is 2. The largest absolute Gasteiger partial charge is 0.377 e. The molecule has 2 heterocycles. The molecule has 1 aliphatic heterocycles. The highest BCUT2D eigenvalue weighted by Crippen LogP contribution is 2.15. The van der Waals surface area contributed by atoms with E-state index in [0.717, 1.165) is 38.0 Å². The van der Waals surface area contributed by atoms with Crippen LogP contribution in [0.2, 0.25) is 0 Å². The fourth-order valence-electron chi connectivity index (χ4n) is 2.32. The van der Waals surface area contributed by atoms with Crippen LogP contribution in [0.1, 0.15) is 37.8 Å². The third-order valence-corrected chi connectivity index (χ3v) is 3.30. The lowest BCUT2D eigenvalue weighted by molar-refractivity contribution is -0.120. The third kappa shape index (κ3) is 3.78. The average molecular weight is 266 g/mol. The van der Waals surface area contributed by atoms with Gasteiger partial charge in [0, 0.05) is 31.5 Å². The highest BCUT2D eigenvalue weighted by atomic mass is 16.5. The molecule has 106 valence electrons. The first-order valence-corrected chi connectivity index (χ1v) is 6.87. The molecular formula is C13H22N4O2. The van der Waals surface area contributed by atoms with Crippen LogP contribution in [0.3, 0.4) is 0 Å². The lowest BCUT2D eigenvalue weighted by atomic mass is 10.1. The number of ether oxygens (including phenoxy) is 1. The summed E-state index contributed by atoms with van der Waals surface area (Å²) in [6.45, 7) is 4.38. The molecule has 1 fully saturated rings. The van der Waals surface area contributed by atoms with Crippen LogP contribution in [0.4, 0.5) is 0 Å². The minimum atomic E-state index is -0.491. The van der Waals surface area contributed by atoms with Gasteiger partial charge in [0.05, 0.1) is 12.3 Å². The molecule has 3 N–H and O–H groups in total. The molecule has 19 heavy (non-hydrogen) atoms. The van der Waals surface area contributed by atoms with E-state index in [1.54, 1.807) is 6.20 Å². The molecule has 0 aliphatic carbocycles. The minimum Gasteiger partial charge on any atom is -0.377 e. The Balaban J connectivity index is 1.95. The van der Waals surface area contributed by atoms with E-state index in [2.05, 4.69) is 17.3 Å². The number of aryl methyl sites for hydroxylation is 1. The van der Waals surface area contributed by atoms with Gasteiger partial charge in [-0.25, -0.2) is 0 Å². The van der Waals surface area contributed by atoms with Gasteiger partial charge in [-0.2, -0.15) is 5.10 Å². The van der Waals surface area contributed by atoms with Gasteiger partial charge in [-0.05, 0) is 19.3 Å². The SMILES string of the molecule is CCCn1cc(C(NCC2CCCO2)C(N)=O)cn1. The van der Waals surface area contributed by atoms with E-state index in [1.165, 1.54) is 0 Å². The molecule has 1 amide bonds. The van der Waals surface area contributed by atoms with Gasteiger partial charge in [0.2, 0.25) is 5.91 Å². The zero-order valence-corrected chi connectivity index (χ0v) is 11.3. The van der Waals surface area contributed by atoms with Crippen LogP contribution >= 0.6 is 0 Å². The highest BCUT2D eigenvalue weighted by Gasteiger charge is 2.22. The molecule has 1 aliphatic rings. The van der Waals surface area contributed by atoms with Crippen molar-refractivity contribution < 1.29 is 9.53 Å². The number of carbonyl (C=O) groups is 1. The van der Waals surface area contributed by atoms with Crippen LogP contribution < -0.4 is 11.1 Å². The number of nitrogens with zero attached hydrogens (tertiary/aromatic N) is 2. The smallest absolute Gasteiger partial charge is 0.239 e. The summed E-state index contributed by atoms with van der Waals surface area (Å²) in [6.07, 6.45) is 6.89. The van der Waals surface area contributed by atoms with Gasteiger partial charge in [-0.1, -0.05) is 6.92 Å². The fourth-order valence-corrected chi connectivity index (χ4v) is 2.32. The maximum absolute atomic E-state index is 11.6. The quantitative estimate of drug-likeness (QED) is 0.756. The fraction of sp³-hybridized carbons (Fsp3) is 0.692. The van der Waals surface area contributed by atoms with Crippen molar-refractivity contribution in [1.29, 1.82) is 0 Å². The number of carbonyl (C=O) groups excluding carboxylic acids is 1. The Labute approximate surface area is 113 Å². The summed E-state index contributed by atoms with van der Waals surface area (Å²) in [6, 6.07) is -0.491. The summed E-state index contributed by atoms with van der Waals surface area (Å²) in [5.41, 5.74) is 6.28. The number of hydrogen-bond acceptors (Lipinski definition) is 4. The van der Waals surface area contributed by atoms with E-state index in [0.29, 0.717) is 6.54 Å². The van der Waals surface area contributed by atoms with Gasteiger partial charge in [-0.3, -0.25) is 14.8 Å². The Morgan fingerprint density at radius 3 is 3.21 bits per heavy atom. The topological polar surface area (TPSA) is 82.2 Å². The second-order valence-electron chi connectivity index (χ2n) is 4.92. The highest BCUT2D eigenvalue weighted by molar-refractivity contribution is 5.81. The van der Waals surface area contributed by atoms with E-state index >= 15 is 0 Å². The molecule has 1 aromatic rings. The average Bonchev–Trinajstić information content (AvgIpc) is 3.01. The number of nitrogens with two attached hydrogens (primary N) is 1. The summed E-state index contributed by atoms with van der Waals surface area (Å²) in [5, 5.41) is 7.41. The molecule has 0 spiro atoms. The molecule has 6 heteroatoms. The molecule has 1 aromatic heterocycles. The molecule has 2 atom stereocenters. The van der Waals surface area contributed by atoms with Crippen LogP contribution in [0.25, 0.3) is 0 Å². The molecule has 6 nitrogen and oxygen atoms in total. The summed E-state index contributed by atoms with van der Waals surface area (Å²) in [7, 11) is 0. The Morgan fingerprint density at radius 2 is 2.58 bits per heavy atom. The zero-order chi connectivity index (χ0) is 13.7. The first kappa shape index (κ1) is 14.0. The normalized spacial score (nSPS) is 20.6. The van der Waals surface area contributed by atoms with Crippen molar-refractivity contribution in [3.8, 4) is 0 Å². The number of rotatable bonds is 7. The maximum Gasteiger partial charge on any atom is 0.239 e. The van der Waals surface area contributed by atoms with E-state index in [9.17, 15) is 4.79 Å². The van der Waals surface area contributed by atoms with E-state index in [4.69, 9.17) is 10.5 Å². The Morgan fingerprint density at radius 1 is 1.74 bits per heavy atom. The maximum atomic E-state index is 11.6. The first-order valence-electron chi connectivity index (χ1n) is 6.87. The lowest BCUT2D eigenvalue weighted by Gasteiger charge is -2.16. The molecule has 0 bridgehead atoms. The Bertz CT molecular complexity index is 413. The predicted molar refractivity (Wildman–Crippen MR) is 71.4 cm³/mol. The second-order valence-corrected chi connectivity index (χ2v) is 4.92. The van der Waals surface area contributed by atoms with Gasteiger partial charge in [0.1, 0.15) is 6.04 Å². The number of primary amides is 1. The number of amides is 1. The second kappa shape index (κ2) is 6.68. The standard InChI is InChI=1S/C13H22N4O2/c1-2-5-17-9-10(7-16-17)12(13(14)18)15-8-11-4-3-6-19-11/h7,9,11-12,15H,2-6,8H2,1H3,(H2,14,18). The van der Waals surface area contributed by atoms with E-state index in [-0.39, 0.29) is 12.0 Å². The van der Waals surface area contributed by atoms with Crippen LogP contribution in [-0.4, -0.2) is 34.9 Å². The van der Waals surface area contributed by atoms with Crippen molar-refractivity contribution in [3.05, 3.63) is 18.0 Å². The molecule has 1 saturated heterocycles. The van der Waals surface area contributed by atoms with Crippen LogP contribution in [-0.2, 0) is 16.1 Å². The van der Waals surface area contributed by atoms with Crippen LogP contribution in [0, 0.1) is 0 Å². The summed E-state index contributed by atoms with van der Waals surface area (Å²) in [4.78, 5) is 11.6. The van der Waals surface area contributed by atoms with Crippen LogP contribution in [0.5, 0.6) is 0 Å². The molecular weight excluding hydrogens is 244 g/mol. The van der Waals surface area contributed by atoms with Crippen molar-refractivity contribution in [2.45, 2.75) is 44.9 Å². The molecule has 0 aromatic carbocycles. The zero-order valence-electron chi connectivity index (χ0n) is 11.3. The third-order valence-electron chi connectivity index (χ3n) is 3.30. The summed E-state index contributed by atoms with van der Waals surface area (Å²) >= 11 is 0. The van der Waals surface area contributed by atoms with Crippen molar-refractivity contribution in [2.24, 2.45) is 5.73 Å². The van der Waals surface area contributed by atoms with Gasteiger partial charge < -0.3 is 10.5 Å². The minimum absolute atomic E-state index is 0.188. The lowest BCUT2D eigenvalue weighted by Crippen LogP contribution is -2.37. The van der Waals surface area contributed by atoms with Crippen LogP contribution in [0.15, 0.2) is 12.4 Å².